The van der Waals surface area contributed by atoms with E-state index in [-0.39, 0.29) is 0 Å². The highest BCUT2D eigenvalue weighted by Gasteiger charge is 2.23. The van der Waals surface area contributed by atoms with E-state index in [2.05, 4.69) is 35.0 Å². The van der Waals surface area contributed by atoms with Gasteiger partial charge in [0.15, 0.2) is 0 Å². The summed E-state index contributed by atoms with van der Waals surface area (Å²) >= 11 is 0. The smallest absolute Gasteiger partial charge is 0.110 e. The quantitative estimate of drug-likeness (QED) is 0.899. The van der Waals surface area contributed by atoms with Gasteiger partial charge < -0.3 is 15.6 Å². The number of para-hydroxylation sites is 2. The molecule has 0 aliphatic carbocycles. The summed E-state index contributed by atoms with van der Waals surface area (Å²) in [6, 6.07) is 8.59. The Morgan fingerprint density at radius 2 is 2.10 bits per heavy atom. The first-order chi connectivity index (χ1) is 9.76. The largest absolute Gasteiger partial charge is 0.342 e. The third-order valence-electron chi connectivity index (χ3n) is 4.40. The van der Waals surface area contributed by atoms with Crippen molar-refractivity contribution in [3.8, 4) is 0 Å². The lowest BCUT2D eigenvalue weighted by molar-refractivity contribution is 0.197. The number of likely N-dealkylation sites (tertiary alicyclic amines) is 1. The maximum atomic E-state index is 6.04. The number of nitrogens with zero attached hydrogens (tertiary/aromatic N) is 2. The molecule has 20 heavy (non-hydrogen) atoms. The van der Waals surface area contributed by atoms with Gasteiger partial charge in [-0.3, -0.25) is 0 Å². The molecular formula is C16H24N4. The minimum absolute atomic E-state index is 0.317. The van der Waals surface area contributed by atoms with Gasteiger partial charge in [0.25, 0.3) is 0 Å². The highest BCUT2D eigenvalue weighted by atomic mass is 15.1. The van der Waals surface area contributed by atoms with Crippen molar-refractivity contribution in [2.24, 2.45) is 5.73 Å². The fraction of sp³-hybridized carbons (Fsp3) is 0.562. The molecule has 1 saturated heterocycles. The fourth-order valence-electron chi connectivity index (χ4n) is 3.02. The van der Waals surface area contributed by atoms with Crippen molar-refractivity contribution >= 4 is 11.0 Å². The van der Waals surface area contributed by atoms with Crippen LogP contribution in [0.2, 0.25) is 0 Å². The summed E-state index contributed by atoms with van der Waals surface area (Å²) in [5, 5.41) is 0. The van der Waals surface area contributed by atoms with Gasteiger partial charge >= 0.3 is 0 Å². The Kier molecular flexibility index (Phi) is 4.03. The van der Waals surface area contributed by atoms with Gasteiger partial charge in [-0.2, -0.15) is 0 Å². The minimum atomic E-state index is 0.317. The number of rotatable bonds is 4. The summed E-state index contributed by atoms with van der Waals surface area (Å²) in [6.07, 6.45) is 3.41. The van der Waals surface area contributed by atoms with Crippen LogP contribution in [0.3, 0.4) is 0 Å². The highest BCUT2D eigenvalue weighted by Crippen LogP contribution is 2.27. The zero-order valence-corrected chi connectivity index (χ0v) is 12.2. The van der Waals surface area contributed by atoms with E-state index in [0.29, 0.717) is 12.0 Å². The predicted octanol–water partition coefficient (Wildman–Crippen LogP) is 2.48. The number of aromatic amines is 1. The van der Waals surface area contributed by atoms with Crippen LogP contribution in [0.15, 0.2) is 24.3 Å². The maximum Gasteiger partial charge on any atom is 0.110 e. The van der Waals surface area contributed by atoms with Crippen LogP contribution in [0.5, 0.6) is 0 Å². The molecule has 0 amide bonds. The maximum absolute atomic E-state index is 6.04. The molecule has 0 radical (unpaired) electrons. The molecule has 0 spiro atoms. The molecule has 1 atom stereocenters. The zero-order chi connectivity index (χ0) is 13.9. The third kappa shape index (κ3) is 2.86. The average Bonchev–Trinajstić information content (AvgIpc) is 2.91. The first-order valence-electron chi connectivity index (χ1n) is 7.69. The molecule has 4 heteroatoms. The normalized spacial score (nSPS) is 19.5. The molecule has 0 bridgehead atoms. The average molecular weight is 272 g/mol. The molecule has 1 aromatic heterocycles. The Labute approximate surface area is 120 Å². The van der Waals surface area contributed by atoms with Crippen LogP contribution in [0, 0.1) is 0 Å². The number of nitrogens with two attached hydrogens (primary N) is 1. The summed E-state index contributed by atoms with van der Waals surface area (Å²) in [7, 11) is 0. The fourth-order valence-corrected chi connectivity index (χ4v) is 3.02. The van der Waals surface area contributed by atoms with Crippen LogP contribution in [-0.2, 0) is 0 Å². The van der Waals surface area contributed by atoms with E-state index in [9.17, 15) is 0 Å². The van der Waals surface area contributed by atoms with E-state index in [1.807, 2.05) is 6.07 Å². The number of hydrogen-bond donors (Lipinski definition) is 2. The van der Waals surface area contributed by atoms with Crippen molar-refractivity contribution in [2.45, 2.75) is 38.1 Å². The van der Waals surface area contributed by atoms with E-state index < -0.39 is 0 Å². The van der Waals surface area contributed by atoms with Gasteiger partial charge in [-0.25, -0.2) is 4.98 Å². The minimum Gasteiger partial charge on any atom is -0.342 e. The number of hydrogen-bond acceptors (Lipinski definition) is 3. The van der Waals surface area contributed by atoms with Gasteiger partial charge in [0.2, 0.25) is 0 Å². The Morgan fingerprint density at radius 1 is 1.35 bits per heavy atom. The lowest BCUT2D eigenvalue weighted by Crippen LogP contribution is -2.41. The van der Waals surface area contributed by atoms with Crippen LogP contribution in [0.25, 0.3) is 11.0 Å². The summed E-state index contributed by atoms with van der Waals surface area (Å²) in [6.45, 7) is 5.46. The Morgan fingerprint density at radius 3 is 2.80 bits per heavy atom. The van der Waals surface area contributed by atoms with Gasteiger partial charge in [0.1, 0.15) is 5.82 Å². The lowest BCUT2D eigenvalue weighted by atomic mass is 9.96. The van der Waals surface area contributed by atoms with Crippen LogP contribution >= 0.6 is 0 Å². The number of aromatic nitrogens is 2. The third-order valence-corrected chi connectivity index (χ3v) is 4.40. The molecule has 1 aliphatic heterocycles. The summed E-state index contributed by atoms with van der Waals surface area (Å²) in [5.41, 5.74) is 8.27. The first-order valence-corrected chi connectivity index (χ1v) is 7.69. The van der Waals surface area contributed by atoms with Crippen LogP contribution in [0.4, 0.5) is 0 Å². The molecule has 1 fully saturated rings. The van der Waals surface area contributed by atoms with Crippen LogP contribution in [0.1, 0.15) is 37.9 Å². The van der Waals surface area contributed by atoms with Crippen molar-refractivity contribution in [1.29, 1.82) is 0 Å². The monoisotopic (exact) mass is 272 g/mol. The van der Waals surface area contributed by atoms with Crippen molar-refractivity contribution < 1.29 is 0 Å². The standard InChI is InChI=1S/C16H24N4/c1-2-13(17)11-20-9-7-12(8-10-20)16-18-14-5-3-4-6-15(14)19-16/h3-6,12-13H,2,7-11,17H2,1H3,(H,18,19). The number of fused-ring (bicyclic) bond motifs is 1. The van der Waals surface area contributed by atoms with E-state index in [1.165, 1.54) is 12.8 Å². The highest BCUT2D eigenvalue weighted by molar-refractivity contribution is 5.74. The molecule has 2 heterocycles. The van der Waals surface area contributed by atoms with E-state index in [0.717, 1.165) is 42.9 Å². The zero-order valence-electron chi connectivity index (χ0n) is 12.2. The summed E-state index contributed by atoms with van der Waals surface area (Å²) < 4.78 is 0. The van der Waals surface area contributed by atoms with Crippen molar-refractivity contribution in [3.63, 3.8) is 0 Å². The number of benzene rings is 1. The van der Waals surface area contributed by atoms with Crippen LogP contribution < -0.4 is 5.73 Å². The number of nitrogens with one attached hydrogen (secondary N) is 1. The summed E-state index contributed by atoms with van der Waals surface area (Å²) in [5.74, 6) is 1.72. The van der Waals surface area contributed by atoms with Crippen molar-refractivity contribution in [1.82, 2.24) is 14.9 Å². The number of piperidine rings is 1. The second-order valence-electron chi connectivity index (χ2n) is 5.88. The second kappa shape index (κ2) is 5.94. The molecule has 3 rings (SSSR count). The molecule has 4 nitrogen and oxygen atoms in total. The Balaban J connectivity index is 1.63. The Bertz CT molecular complexity index is 521. The predicted molar refractivity (Wildman–Crippen MR) is 82.8 cm³/mol. The van der Waals surface area contributed by atoms with Gasteiger partial charge in [0.05, 0.1) is 11.0 Å². The van der Waals surface area contributed by atoms with E-state index in [1.54, 1.807) is 0 Å². The van der Waals surface area contributed by atoms with Crippen molar-refractivity contribution in [2.75, 3.05) is 19.6 Å². The summed E-state index contributed by atoms with van der Waals surface area (Å²) in [4.78, 5) is 10.7. The van der Waals surface area contributed by atoms with Gasteiger partial charge in [-0.05, 0) is 44.5 Å². The lowest BCUT2D eigenvalue weighted by Gasteiger charge is -2.32. The van der Waals surface area contributed by atoms with Gasteiger partial charge in [0, 0.05) is 18.5 Å². The van der Waals surface area contributed by atoms with E-state index >= 15 is 0 Å². The Hall–Kier alpha value is -1.39. The number of H-pyrrole nitrogens is 1. The molecule has 3 N–H and O–H groups in total. The number of imidazole rings is 1. The van der Waals surface area contributed by atoms with E-state index in [4.69, 9.17) is 10.7 Å². The topological polar surface area (TPSA) is 57.9 Å². The SMILES string of the molecule is CCC(N)CN1CCC(c2nc3ccccc3[nH]2)CC1. The molecule has 1 aliphatic rings. The van der Waals surface area contributed by atoms with Crippen LogP contribution in [-0.4, -0.2) is 40.5 Å². The molecular weight excluding hydrogens is 248 g/mol. The van der Waals surface area contributed by atoms with Crippen molar-refractivity contribution in [3.05, 3.63) is 30.1 Å². The molecule has 1 unspecified atom stereocenters. The van der Waals surface area contributed by atoms with Gasteiger partial charge in [-0.15, -0.1) is 0 Å². The molecule has 2 aromatic rings. The molecule has 1 aromatic carbocycles. The first kappa shape index (κ1) is 13.6. The van der Waals surface area contributed by atoms with Gasteiger partial charge in [-0.1, -0.05) is 19.1 Å². The molecule has 108 valence electrons. The second-order valence-corrected chi connectivity index (χ2v) is 5.88. The molecule has 0 saturated carbocycles.